The van der Waals surface area contributed by atoms with Crippen molar-refractivity contribution in [2.24, 2.45) is 5.92 Å². The van der Waals surface area contributed by atoms with Crippen molar-refractivity contribution < 1.29 is 19.2 Å². The minimum Gasteiger partial charge on any atom is -0.464 e. The molecule has 4 rings (SSSR count). The van der Waals surface area contributed by atoms with Crippen LogP contribution in [0.4, 0.5) is 0 Å². The van der Waals surface area contributed by atoms with Gasteiger partial charge in [-0.15, -0.1) is 0 Å². The molecule has 0 aliphatic carbocycles. The van der Waals surface area contributed by atoms with E-state index in [1.165, 1.54) is 12.8 Å². The van der Waals surface area contributed by atoms with Gasteiger partial charge in [0.25, 0.3) is 0 Å². The Balaban J connectivity index is 1.34. The highest BCUT2D eigenvalue weighted by atomic mass is 32.2. The molecular formula is C17H22BNO4S. The third-order valence-corrected chi connectivity index (χ3v) is 6.19. The van der Waals surface area contributed by atoms with Crippen LogP contribution in [-0.2, 0) is 11.2 Å². The fourth-order valence-corrected chi connectivity index (χ4v) is 4.90. The average molecular weight is 347 g/mol. The van der Waals surface area contributed by atoms with Crippen LogP contribution in [0.3, 0.4) is 0 Å². The predicted octanol–water partition coefficient (Wildman–Crippen LogP) is 2.16. The molecule has 5 nitrogen and oxygen atoms in total. The van der Waals surface area contributed by atoms with Crippen LogP contribution in [0.2, 0.25) is 0 Å². The Morgan fingerprint density at radius 2 is 2.17 bits per heavy atom. The number of benzene rings is 1. The predicted molar refractivity (Wildman–Crippen MR) is 95.5 cm³/mol. The van der Waals surface area contributed by atoms with E-state index in [4.69, 9.17) is 9.15 Å². The zero-order chi connectivity index (χ0) is 16.5. The Bertz CT molecular complexity index is 694. The largest absolute Gasteiger partial charge is 0.470 e. The summed E-state index contributed by atoms with van der Waals surface area (Å²) in [5.41, 5.74) is 1.81. The SMILES string of the molecule is OB(O)C(Cc1coc2ccccc12)NSCC1CC2CCC1O2. The van der Waals surface area contributed by atoms with Crippen molar-refractivity contribution in [2.45, 2.75) is 43.8 Å². The van der Waals surface area contributed by atoms with Gasteiger partial charge in [-0.25, -0.2) is 0 Å². The van der Waals surface area contributed by atoms with Crippen LogP contribution < -0.4 is 4.72 Å². The van der Waals surface area contributed by atoms with E-state index in [2.05, 4.69) is 4.72 Å². The third-order valence-electron chi connectivity index (χ3n) is 5.12. The summed E-state index contributed by atoms with van der Waals surface area (Å²) >= 11 is 1.57. The zero-order valence-corrected chi connectivity index (χ0v) is 14.2. The van der Waals surface area contributed by atoms with Crippen LogP contribution in [0.5, 0.6) is 0 Å². The van der Waals surface area contributed by atoms with Crippen LogP contribution in [0.25, 0.3) is 11.0 Å². The number of hydrogen-bond acceptors (Lipinski definition) is 6. The van der Waals surface area contributed by atoms with E-state index in [0.717, 1.165) is 28.7 Å². The first-order chi connectivity index (χ1) is 11.7. The first-order valence-electron chi connectivity index (χ1n) is 8.54. The molecule has 0 radical (unpaired) electrons. The van der Waals surface area contributed by atoms with Crippen LogP contribution in [0.15, 0.2) is 34.9 Å². The number of nitrogens with one attached hydrogen (secondary N) is 1. The number of hydrogen-bond donors (Lipinski definition) is 3. The van der Waals surface area contributed by atoms with Gasteiger partial charge in [-0.3, -0.25) is 4.72 Å². The monoisotopic (exact) mass is 347 g/mol. The first kappa shape index (κ1) is 16.5. The lowest BCUT2D eigenvalue weighted by molar-refractivity contribution is 0.0954. The molecule has 2 aromatic rings. The molecule has 3 heterocycles. The summed E-state index contributed by atoms with van der Waals surface area (Å²) in [6.07, 6.45) is 6.58. The molecule has 1 aromatic carbocycles. The minimum atomic E-state index is -1.41. The molecule has 1 aromatic heterocycles. The van der Waals surface area contributed by atoms with E-state index in [-0.39, 0.29) is 0 Å². The van der Waals surface area contributed by atoms with Crippen molar-refractivity contribution in [3.05, 3.63) is 36.1 Å². The summed E-state index contributed by atoms with van der Waals surface area (Å²) in [5, 5.41) is 20.4. The maximum Gasteiger partial charge on any atom is 0.470 e. The molecule has 2 fully saturated rings. The molecule has 2 aliphatic heterocycles. The maximum atomic E-state index is 9.70. The fraction of sp³-hybridized carbons (Fsp3) is 0.529. The standard InChI is InChI=1S/C17H22BNO4S/c20-18(21)17(8-11-9-22-16-4-2-1-3-14(11)16)19-24-10-12-7-13-5-6-15(12)23-13/h1-4,9,12-13,15,17,19-21H,5-8,10H2. The summed E-state index contributed by atoms with van der Waals surface area (Å²) in [6.45, 7) is 0. The second-order valence-electron chi connectivity index (χ2n) is 6.78. The van der Waals surface area contributed by atoms with E-state index >= 15 is 0 Å². The molecule has 2 aliphatic rings. The van der Waals surface area contributed by atoms with Gasteiger partial charge in [0.2, 0.25) is 0 Å². The number of rotatable bonds is 7. The van der Waals surface area contributed by atoms with Gasteiger partial charge in [-0.2, -0.15) is 0 Å². The molecule has 7 heteroatoms. The Morgan fingerprint density at radius 1 is 1.29 bits per heavy atom. The Morgan fingerprint density at radius 3 is 2.92 bits per heavy atom. The van der Waals surface area contributed by atoms with Gasteiger partial charge in [-0.1, -0.05) is 30.1 Å². The number of fused-ring (bicyclic) bond motifs is 3. The lowest BCUT2D eigenvalue weighted by Gasteiger charge is -2.21. The molecule has 2 bridgehead atoms. The van der Waals surface area contributed by atoms with Crippen LogP contribution in [-0.4, -0.2) is 41.1 Å². The maximum absolute atomic E-state index is 9.70. The molecule has 4 atom stereocenters. The molecule has 24 heavy (non-hydrogen) atoms. The summed E-state index contributed by atoms with van der Waals surface area (Å²) in [7, 11) is -1.41. The normalized spacial score (nSPS) is 27.0. The molecule has 0 saturated carbocycles. The zero-order valence-electron chi connectivity index (χ0n) is 13.4. The summed E-state index contributed by atoms with van der Waals surface area (Å²) in [5.74, 6) is 1.08. The van der Waals surface area contributed by atoms with Crippen LogP contribution in [0, 0.1) is 5.92 Å². The quantitative estimate of drug-likeness (QED) is 0.527. The minimum absolute atomic E-state index is 0.402. The van der Waals surface area contributed by atoms with Crippen molar-refractivity contribution in [1.29, 1.82) is 0 Å². The van der Waals surface area contributed by atoms with Crippen molar-refractivity contribution in [1.82, 2.24) is 4.72 Å². The Labute approximate surface area is 146 Å². The van der Waals surface area contributed by atoms with Crippen LogP contribution in [0.1, 0.15) is 24.8 Å². The smallest absolute Gasteiger partial charge is 0.464 e. The highest BCUT2D eigenvalue weighted by Crippen LogP contribution is 2.39. The van der Waals surface area contributed by atoms with Crippen molar-refractivity contribution in [3.63, 3.8) is 0 Å². The molecular weight excluding hydrogens is 325 g/mol. The molecule has 128 valence electrons. The van der Waals surface area contributed by atoms with Crippen molar-refractivity contribution in [2.75, 3.05) is 5.75 Å². The van der Waals surface area contributed by atoms with Gasteiger partial charge in [0, 0.05) is 11.1 Å². The number of ether oxygens (including phenoxy) is 1. The summed E-state index contributed by atoms with van der Waals surface area (Å²) < 4.78 is 14.6. The topological polar surface area (TPSA) is 74.9 Å². The van der Waals surface area contributed by atoms with E-state index in [1.807, 2.05) is 24.3 Å². The van der Waals surface area contributed by atoms with Crippen molar-refractivity contribution in [3.8, 4) is 0 Å². The van der Waals surface area contributed by atoms with E-state index < -0.39 is 13.1 Å². The fourth-order valence-electron chi connectivity index (χ4n) is 3.82. The molecule has 3 N–H and O–H groups in total. The number of furan rings is 1. The lowest BCUT2D eigenvalue weighted by atomic mass is 9.77. The highest BCUT2D eigenvalue weighted by Gasteiger charge is 2.40. The average Bonchev–Trinajstić information content (AvgIpc) is 3.29. The van der Waals surface area contributed by atoms with Crippen LogP contribution >= 0.6 is 11.9 Å². The van der Waals surface area contributed by atoms with Gasteiger partial charge in [-0.05, 0) is 43.2 Å². The highest BCUT2D eigenvalue weighted by molar-refractivity contribution is 7.97. The van der Waals surface area contributed by atoms with Crippen molar-refractivity contribution >= 4 is 30.0 Å². The van der Waals surface area contributed by atoms with E-state index in [9.17, 15) is 10.0 Å². The Hall–Kier alpha value is -0.985. The van der Waals surface area contributed by atoms with Gasteiger partial charge in [0.1, 0.15) is 5.58 Å². The first-order valence-corrected chi connectivity index (χ1v) is 9.53. The molecule has 2 saturated heterocycles. The second-order valence-corrected chi connectivity index (χ2v) is 7.64. The van der Waals surface area contributed by atoms with Gasteiger partial charge in [0.05, 0.1) is 24.4 Å². The molecule has 4 unspecified atom stereocenters. The second kappa shape index (κ2) is 7.10. The van der Waals surface area contributed by atoms with Gasteiger partial charge >= 0.3 is 7.12 Å². The van der Waals surface area contributed by atoms with Gasteiger partial charge < -0.3 is 19.2 Å². The summed E-state index contributed by atoms with van der Waals surface area (Å²) in [4.78, 5) is 0. The third kappa shape index (κ3) is 3.37. The van der Waals surface area contributed by atoms with E-state index in [1.54, 1.807) is 18.2 Å². The van der Waals surface area contributed by atoms with Gasteiger partial charge in [0.15, 0.2) is 0 Å². The molecule has 0 spiro atoms. The lowest BCUT2D eigenvalue weighted by Crippen LogP contribution is -2.42. The number of para-hydroxylation sites is 1. The molecule has 0 amide bonds. The van der Waals surface area contributed by atoms with E-state index in [0.29, 0.717) is 24.5 Å². The Kier molecular flexibility index (Phi) is 4.87. The summed E-state index contributed by atoms with van der Waals surface area (Å²) in [6, 6.07) is 7.80.